The molecule has 1 aliphatic rings. The van der Waals surface area contributed by atoms with Gasteiger partial charge in [-0.1, -0.05) is 12.1 Å². The van der Waals surface area contributed by atoms with Crippen molar-refractivity contribution in [2.24, 2.45) is 0 Å². The molecule has 3 rings (SSSR count). The van der Waals surface area contributed by atoms with Crippen LogP contribution in [0, 0.1) is 0 Å². The van der Waals surface area contributed by atoms with Crippen LogP contribution in [0.15, 0.2) is 48.5 Å². The Balaban J connectivity index is 1.49. The lowest BCUT2D eigenvalue weighted by molar-refractivity contribution is -0.117. The number of amides is 1. The highest BCUT2D eigenvalue weighted by atomic mass is 16.5. The normalized spacial score (nSPS) is 14.4. The molecule has 0 spiro atoms. The average molecular weight is 383 g/mol. The van der Waals surface area contributed by atoms with E-state index in [0.29, 0.717) is 17.8 Å². The van der Waals surface area contributed by atoms with Crippen LogP contribution in [0.25, 0.3) is 0 Å². The van der Waals surface area contributed by atoms with Gasteiger partial charge in [-0.3, -0.25) is 9.69 Å². The van der Waals surface area contributed by atoms with Crippen LogP contribution < -0.4 is 15.0 Å². The molecule has 2 aromatic rings. The van der Waals surface area contributed by atoms with E-state index in [1.54, 1.807) is 31.4 Å². The van der Waals surface area contributed by atoms with Crippen molar-refractivity contribution in [3.05, 3.63) is 54.1 Å². The van der Waals surface area contributed by atoms with Gasteiger partial charge in [0.25, 0.3) is 0 Å². The molecule has 1 aliphatic heterocycles. The lowest BCUT2D eigenvalue weighted by Gasteiger charge is -2.36. The van der Waals surface area contributed by atoms with E-state index in [2.05, 4.69) is 25.9 Å². The number of hydrogen-bond donors (Lipinski definition) is 1. The highest BCUT2D eigenvalue weighted by Gasteiger charge is 2.21. The molecule has 0 aliphatic carbocycles. The first-order valence-corrected chi connectivity index (χ1v) is 9.19. The first-order valence-electron chi connectivity index (χ1n) is 9.19. The van der Waals surface area contributed by atoms with Gasteiger partial charge in [0.05, 0.1) is 32.0 Å². The maximum atomic E-state index is 12.3. The molecule has 0 saturated carbocycles. The summed E-state index contributed by atoms with van der Waals surface area (Å²) in [7, 11) is 3.02. The summed E-state index contributed by atoms with van der Waals surface area (Å²) >= 11 is 0. The fourth-order valence-corrected chi connectivity index (χ4v) is 3.25. The highest BCUT2D eigenvalue weighted by molar-refractivity contribution is 5.94. The lowest BCUT2D eigenvalue weighted by Crippen LogP contribution is -2.48. The fraction of sp³-hybridized carbons (Fsp3) is 0.333. The molecule has 0 aromatic heterocycles. The average Bonchev–Trinajstić information content (AvgIpc) is 2.74. The van der Waals surface area contributed by atoms with Crippen LogP contribution in [0.1, 0.15) is 10.4 Å². The largest absolute Gasteiger partial charge is 0.495 e. The SMILES string of the molecule is COC(=O)c1ccc(NC(=O)CN2CCN(c3ccccc3OC)CC2)cc1. The van der Waals surface area contributed by atoms with Gasteiger partial charge < -0.3 is 19.7 Å². The van der Waals surface area contributed by atoms with Crippen molar-refractivity contribution in [2.45, 2.75) is 0 Å². The van der Waals surface area contributed by atoms with Crippen molar-refractivity contribution in [1.82, 2.24) is 4.90 Å². The molecule has 1 saturated heterocycles. The number of anilines is 2. The number of carbonyl (C=O) groups is 2. The summed E-state index contributed by atoms with van der Waals surface area (Å²) in [5.74, 6) is 0.395. The number of methoxy groups -OCH3 is 2. The van der Waals surface area contributed by atoms with Gasteiger partial charge in [0.15, 0.2) is 0 Å². The molecular formula is C21H25N3O4. The molecule has 0 radical (unpaired) electrons. The summed E-state index contributed by atoms with van der Waals surface area (Å²) in [4.78, 5) is 28.2. The van der Waals surface area contributed by atoms with E-state index in [0.717, 1.165) is 37.6 Å². The third-order valence-corrected chi connectivity index (χ3v) is 4.76. The molecule has 1 heterocycles. The van der Waals surface area contributed by atoms with Crippen molar-refractivity contribution in [2.75, 3.05) is 57.2 Å². The topological polar surface area (TPSA) is 71.1 Å². The highest BCUT2D eigenvalue weighted by Crippen LogP contribution is 2.28. The monoisotopic (exact) mass is 383 g/mol. The number of rotatable bonds is 6. The first kappa shape index (κ1) is 19.7. The molecule has 0 atom stereocenters. The van der Waals surface area contributed by atoms with Crippen LogP contribution >= 0.6 is 0 Å². The summed E-state index contributed by atoms with van der Waals surface area (Å²) in [6.45, 7) is 3.60. The van der Waals surface area contributed by atoms with E-state index in [9.17, 15) is 9.59 Å². The molecule has 7 heteroatoms. The number of esters is 1. The minimum absolute atomic E-state index is 0.0726. The summed E-state index contributed by atoms with van der Waals surface area (Å²) in [6.07, 6.45) is 0. The summed E-state index contributed by atoms with van der Waals surface area (Å²) in [5, 5.41) is 2.87. The van der Waals surface area contributed by atoms with Gasteiger partial charge in [-0.05, 0) is 36.4 Å². The van der Waals surface area contributed by atoms with Gasteiger partial charge in [-0.15, -0.1) is 0 Å². The zero-order valence-electron chi connectivity index (χ0n) is 16.2. The molecule has 1 amide bonds. The number of hydrogen-bond acceptors (Lipinski definition) is 6. The van der Waals surface area contributed by atoms with E-state index < -0.39 is 5.97 Å². The van der Waals surface area contributed by atoms with Crippen LogP contribution in [-0.2, 0) is 9.53 Å². The molecule has 1 N–H and O–H groups in total. The maximum Gasteiger partial charge on any atom is 0.337 e. The van der Waals surface area contributed by atoms with Gasteiger partial charge in [-0.2, -0.15) is 0 Å². The van der Waals surface area contributed by atoms with Crippen molar-refractivity contribution < 1.29 is 19.1 Å². The quantitative estimate of drug-likeness (QED) is 0.772. The van der Waals surface area contributed by atoms with Gasteiger partial charge in [0, 0.05) is 31.9 Å². The molecule has 1 fully saturated rings. The Morgan fingerprint density at radius 1 is 0.964 bits per heavy atom. The Morgan fingerprint density at radius 3 is 2.29 bits per heavy atom. The van der Waals surface area contributed by atoms with E-state index in [4.69, 9.17) is 4.74 Å². The summed E-state index contributed by atoms with van der Waals surface area (Å²) in [5.41, 5.74) is 2.19. The van der Waals surface area contributed by atoms with E-state index >= 15 is 0 Å². The summed E-state index contributed by atoms with van der Waals surface area (Å²) < 4.78 is 10.1. The standard InChI is InChI=1S/C21H25N3O4/c1-27-19-6-4-3-5-18(19)24-13-11-23(12-14-24)15-20(25)22-17-9-7-16(8-10-17)21(26)28-2/h3-10H,11-15H2,1-2H3,(H,22,25). The van der Waals surface area contributed by atoms with Crippen LogP contribution in [-0.4, -0.2) is 63.7 Å². The Kier molecular flexibility index (Phi) is 6.49. The van der Waals surface area contributed by atoms with Gasteiger partial charge >= 0.3 is 5.97 Å². The summed E-state index contributed by atoms with van der Waals surface area (Å²) in [6, 6.07) is 14.6. The predicted molar refractivity (Wildman–Crippen MR) is 108 cm³/mol. The third-order valence-electron chi connectivity index (χ3n) is 4.76. The molecule has 2 aromatic carbocycles. The maximum absolute atomic E-state index is 12.3. The van der Waals surface area contributed by atoms with E-state index in [-0.39, 0.29) is 5.91 Å². The molecule has 148 valence electrons. The number of carbonyl (C=O) groups excluding carboxylic acids is 2. The fourth-order valence-electron chi connectivity index (χ4n) is 3.25. The molecule has 7 nitrogen and oxygen atoms in total. The van der Waals surface area contributed by atoms with Gasteiger partial charge in [0.1, 0.15) is 5.75 Å². The van der Waals surface area contributed by atoms with Crippen molar-refractivity contribution in [3.8, 4) is 5.75 Å². The smallest absolute Gasteiger partial charge is 0.337 e. The van der Waals surface area contributed by atoms with Crippen molar-refractivity contribution >= 4 is 23.3 Å². The van der Waals surface area contributed by atoms with Gasteiger partial charge in [-0.25, -0.2) is 4.79 Å². The number of nitrogens with one attached hydrogen (secondary N) is 1. The van der Waals surface area contributed by atoms with Crippen LogP contribution in [0.5, 0.6) is 5.75 Å². The van der Waals surface area contributed by atoms with E-state index in [1.807, 2.05) is 18.2 Å². The minimum Gasteiger partial charge on any atom is -0.495 e. The van der Waals surface area contributed by atoms with Crippen molar-refractivity contribution in [1.29, 1.82) is 0 Å². The number of piperazine rings is 1. The Labute approximate surface area is 164 Å². The second-order valence-electron chi connectivity index (χ2n) is 6.55. The Morgan fingerprint density at radius 2 is 1.64 bits per heavy atom. The molecular weight excluding hydrogens is 358 g/mol. The molecule has 28 heavy (non-hydrogen) atoms. The zero-order chi connectivity index (χ0) is 19.9. The van der Waals surface area contributed by atoms with Crippen molar-refractivity contribution in [3.63, 3.8) is 0 Å². The van der Waals surface area contributed by atoms with Crippen LogP contribution in [0.4, 0.5) is 11.4 Å². The van der Waals surface area contributed by atoms with Crippen LogP contribution in [0.2, 0.25) is 0 Å². The van der Waals surface area contributed by atoms with Gasteiger partial charge in [0.2, 0.25) is 5.91 Å². The number of benzene rings is 2. The molecule has 0 bridgehead atoms. The number of nitrogens with zero attached hydrogens (tertiary/aromatic N) is 2. The molecule has 0 unspecified atom stereocenters. The lowest BCUT2D eigenvalue weighted by atomic mass is 10.2. The Hall–Kier alpha value is -3.06. The minimum atomic E-state index is -0.397. The Bertz CT molecular complexity index is 815. The zero-order valence-corrected chi connectivity index (χ0v) is 16.2. The second-order valence-corrected chi connectivity index (χ2v) is 6.55. The number of para-hydroxylation sites is 2. The van der Waals surface area contributed by atoms with Crippen LogP contribution in [0.3, 0.4) is 0 Å². The second kappa shape index (κ2) is 9.23. The third kappa shape index (κ3) is 4.80. The first-order chi connectivity index (χ1) is 13.6. The van der Waals surface area contributed by atoms with E-state index in [1.165, 1.54) is 7.11 Å². The number of ether oxygens (including phenoxy) is 2. The predicted octanol–water partition coefficient (Wildman–Crippen LogP) is 2.24.